The molecule has 2 rings (SSSR count). The molecule has 2 aromatic rings. The van der Waals surface area contributed by atoms with Gasteiger partial charge in [0, 0.05) is 25.4 Å². The lowest BCUT2D eigenvalue weighted by atomic mass is 10.00. The Bertz CT molecular complexity index is 531. The van der Waals surface area contributed by atoms with E-state index < -0.39 is 0 Å². The number of aryl methyl sites for hydroxylation is 2. The quantitative estimate of drug-likeness (QED) is 0.877. The third-order valence-electron chi connectivity index (χ3n) is 2.84. The van der Waals surface area contributed by atoms with Crippen LogP contribution in [0.4, 0.5) is 0 Å². The van der Waals surface area contributed by atoms with E-state index in [-0.39, 0.29) is 0 Å². The molecule has 4 nitrogen and oxygen atoms in total. The summed E-state index contributed by atoms with van der Waals surface area (Å²) >= 11 is 0. The number of nitrogens with two attached hydrogens (primary N) is 1. The van der Waals surface area contributed by atoms with Crippen LogP contribution < -0.4 is 10.5 Å². The number of benzene rings is 1. The highest BCUT2D eigenvalue weighted by molar-refractivity contribution is 5.69. The number of rotatable bonds is 3. The fraction of sp³-hybridized carbons (Fsp3) is 0.308. The predicted molar refractivity (Wildman–Crippen MR) is 67.8 cm³/mol. The number of methoxy groups -OCH3 is 1. The van der Waals surface area contributed by atoms with Crippen LogP contribution in [-0.4, -0.2) is 16.9 Å². The van der Waals surface area contributed by atoms with E-state index in [2.05, 4.69) is 5.10 Å². The molecule has 90 valence electrons. The van der Waals surface area contributed by atoms with Crippen LogP contribution in [0.1, 0.15) is 11.3 Å². The molecule has 1 aromatic heterocycles. The van der Waals surface area contributed by atoms with Crippen LogP contribution in [0.2, 0.25) is 0 Å². The van der Waals surface area contributed by atoms with Crippen molar-refractivity contribution in [3.8, 4) is 16.9 Å². The Kier molecular flexibility index (Phi) is 3.15. The van der Waals surface area contributed by atoms with Gasteiger partial charge in [0.1, 0.15) is 5.75 Å². The summed E-state index contributed by atoms with van der Waals surface area (Å²) in [6.45, 7) is 2.49. The number of hydrogen-bond donors (Lipinski definition) is 1. The van der Waals surface area contributed by atoms with E-state index in [0.717, 1.165) is 28.1 Å². The smallest absolute Gasteiger partial charge is 0.119 e. The van der Waals surface area contributed by atoms with Crippen molar-refractivity contribution in [3.63, 3.8) is 0 Å². The predicted octanol–water partition coefficient (Wildman–Crippen LogP) is 1.86. The molecule has 0 saturated heterocycles. The fourth-order valence-corrected chi connectivity index (χ4v) is 1.99. The Balaban J connectivity index is 2.55. The lowest BCUT2D eigenvalue weighted by Crippen LogP contribution is -2.00. The minimum atomic E-state index is 0.487. The topological polar surface area (TPSA) is 53.1 Å². The van der Waals surface area contributed by atoms with Gasteiger partial charge in [-0.05, 0) is 30.2 Å². The number of nitrogens with zero attached hydrogens (tertiary/aromatic N) is 2. The molecule has 0 aliphatic heterocycles. The van der Waals surface area contributed by atoms with Gasteiger partial charge in [0.05, 0.1) is 12.8 Å². The normalized spacial score (nSPS) is 10.6. The standard InChI is InChI=1S/C13H17N3O/c1-9-13(8-16(2)15-9)12-5-4-11(17-3)6-10(12)7-14/h4-6,8H,7,14H2,1-3H3. The molecule has 0 bridgehead atoms. The van der Waals surface area contributed by atoms with Gasteiger partial charge in [0.25, 0.3) is 0 Å². The Labute approximate surface area is 101 Å². The average molecular weight is 231 g/mol. The lowest BCUT2D eigenvalue weighted by molar-refractivity contribution is 0.414. The molecule has 4 heteroatoms. The highest BCUT2D eigenvalue weighted by Gasteiger charge is 2.10. The van der Waals surface area contributed by atoms with Crippen LogP contribution >= 0.6 is 0 Å². The Morgan fingerprint density at radius 2 is 2.12 bits per heavy atom. The van der Waals surface area contributed by atoms with Gasteiger partial charge in [-0.2, -0.15) is 5.10 Å². The zero-order valence-corrected chi connectivity index (χ0v) is 10.4. The first kappa shape index (κ1) is 11.7. The zero-order chi connectivity index (χ0) is 12.4. The SMILES string of the molecule is COc1ccc(-c2cn(C)nc2C)c(CN)c1. The maximum atomic E-state index is 5.79. The molecule has 17 heavy (non-hydrogen) atoms. The van der Waals surface area contributed by atoms with Gasteiger partial charge < -0.3 is 10.5 Å². The van der Waals surface area contributed by atoms with E-state index in [1.54, 1.807) is 7.11 Å². The summed E-state index contributed by atoms with van der Waals surface area (Å²) in [5.41, 5.74) is 10.1. The molecule has 0 spiro atoms. The highest BCUT2D eigenvalue weighted by Crippen LogP contribution is 2.28. The molecule has 0 atom stereocenters. The summed E-state index contributed by atoms with van der Waals surface area (Å²) in [5, 5.41) is 4.35. The van der Waals surface area contributed by atoms with Crippen LogP contribution in [0.5, 0.6) is 5.75 Å². The van der Waals surface area contributed by atoms with Crippen LogP contribution in [-0.2, 0) is 13.6 Å². The second-order valence-corrected chi connectivity index (χ2v) is 4.03. The van der Waals surface area contributed by atoms with E-state index in [9.17, 15) is 0 Å². The molecule has 0 aliphatic rings. The minimum absolute atomic E-state index is 0.487. The number of aromatic nitrogens is 2. The molecule has 2 N–H and O–H groups in total. The van der Waals surface area contributed by atoms with E-state index in [0.29, 0.717) is 6.54 Å². The van der Waals surface area contributed by atoms with Crippen molar-refractivity contribution in [1.82, 2.24) is 9.78 Å². The third kappa shape index (κ3) is 2.17. The number of ether oxygens (including phenoxy) is 1. The van der Waals surface area contributed by atoms with Crippen LogP contribution in [0.3, 0.4) is 0 Å². The first-order chi connectivity index (χ1) is 8.15. The van der Waals surface area contributed by atoms with Crippen LogP contribution in [0, 0.1) is 6.92 Å². The summed E-state index contributed by atoms with van der Waals surface area (Å²) in [5.74, 6) is 0.829. The summed E-state index contributed by atoms with van der Waals surface area (Å²) < 4.78 is 7.02. The minimum Gasteiger partial charge on any atom is -0.497 e. The van der Waals surface area contributed by atoms with Crippen molar-refractivity contribution in [3.05, 3.63) is 35.7 Å². The van der Waals surface area contributed by atoms with Crippen molar-refractivity contribution in [2.75, 3.05) is 7.11 Å². The zero-order valence-electron chi connectivity index (χ0n) is 10.4. The molecule has 1 heterocycles. The van der Waals surface area contributed by atoms with Crippen molar-refractivity contribution in [1.29, 1.82) is 0 Å². The molecular formula is C13H17N3O. The molecule has 0 fully saturated rings. The van der Waals surface area contributed by atoms with E-state index in [4.69, 9.17) is 10.5 Å². The van der Waals surface area contributed by atoms with E-state index in [1.807, 2.05) is 43.0 Å². The fourth-order valence-electron chi connectivity index (χ4n) is 1.99. The van der Waals surface area contributed by atoms with E-state index in [1.165, 1.54) is 0 Å². The second-order valence-electron chi connectivity index (χ2n) is 4.03. The third-order valence-corrected chi connectivity index (χ3v) is 2.84. The summed E-state index contributed by atoms with van der Waals surface area (Å²) in [7, 11) is 3.58. The number of hydrogen-bond acceptors (Lipinski definition) is 3. The second kappa shape index (κ2) is 4.59. The molecule has 0 amide bonds. The van der Waals surface area contributed by atoms with Gasteiger partial charge in [0.15, 0.2) is 0 Å². The van der Waals surface area contributed by atoms with Crippen molar-refractivity contribution < 1.29 is 4.74 Å². The largest absolute Gasteiger partial charge is 0.497 e. The molecular weight excluding hydrogens is 214 g/mol. The molecule has 0 radical (unpaired) electrons. The van der Waals surface area contributed by atoms with E-state index >= 15 is 0 Å². The van der Waals surface area contributed by atoms with Gasteiger partial charge in [0.2, 0.25) is 0 Å². The summed E-state index contributed by atoms with van der Waals surface area (Å²) in [6, 6.07) is 5.95. The molecule has 0 aliphatic carbocycles. The Morgan fingerprint density at radius 1 is 1.35 bits per heavy atom. The molecule has 0 unspecified atom stereocenters. The lowest BCUT2D eigenvalue weighted by Gasteiger charge is -2.09. The van der Waals surface area contributed by atoms with Crippen molar-refractivity contribution in [2.24, 2.45) is 12.8 Å². The summed E-state index contributed by atoms with van der Waals surface area (Å²) in [6.07, 6.45) is 2.01. The Morgan fingerprint density at radius 3 is 2.65 bits per heavy atom. The van der Waals surface area contributed by atoms with Crippen LogP contribution in [0.25, 0.3) is 11.1 Å². The van der Waals surface area contributed by atoms with Gasteiger partial charge >= 0.3 is 0 Å². The van der Waals surface area contributed by atoms with Crippen LogP contribution in [0.15, 0.2) is 24.4 Å². The summed E-state index contributed by atoms with van der Waals surface area (Å²) in [4.78, 5) is 0. The first-order valence-corrected chi connectivity index (χ1v) is 5.53. The maximum absolute atomic E-state index is 5.79. The van der Waals surface area contributed by atoms with Crippen molar-refractivity contribution in [2.45, 2.75) is 13.5 Å². The average Bonchev–Trinajstić information content (AvgIpc) is 2.67. The van der Waals surface area contributed by atoms with Gasteiger partial charge in [-0.25, -0.2) is 0 Å². The van der Waals surface area contributed by atoms with Gasteiger partial charge in [-0.3, -0.25) is 4.68 Å². The maximum Gasteiger partial charge on any atom is 0.119 e. The van der Waals surface area contributed by atoms with Gasteiger partial charge in [-0.1, -0.05) is 6.07 Å². The Hall–Kier alpha value is -1.81. The monoisotopic (exact) mass is 231 g/mol. The van der Waals surface area contributed by atoms with Crippen molar-refractivity contribution >= 4 is 0 Å². The highest BCUT2D eigenvalue weighted by atomic mass is 16.5. The molecule has 1 aromatic carbocycles. The molecule has 0 saturated carbocycles. The first-order valence-electron chi connectivity index (χ1n) is 5.53. The van der Waals surface area contributed by atoms with Gasteiger partial charge in [-0.15, -0.1) is 0 Å².